The second-order valence-electron chi connectivity index (χ2n) is 7.87. The number of pyridine rings is 1. The van der Waals surface area contributed by atoms with Crippen molar-refractivity contribution in [1.29, 1.82) is 0 Å². The van der Waals surface area contributed by atoms with Crippen LogP contribution in [-0.4, -0.2) is 4.57 Å². The van der Waals surface area contributed by atoms with Crippen LogP contribution in [0.2, 0.25) is 0 Å². The van der Waals surface area contributed by atoms with Crippen molar-refractivity contribution in [2.24, 2.45) is 0 Å². The number of benzene rings is 5. The third kappa shape index (κ3) is 2.62. The largest absolute Gasteiger partial charge is 0.277 e. The van der Waals surface area contributed by atoms with Gasteiger partial charge in [-0.25, -0.2) is 0 Å². The van der Waals surface area contributed by atoms with Crippen LogP contribution in [0.4, 0.5) is 0 Å². The monoisotopic (exact) mass is 397 g/mol. The lowest BCUT2D eigenvalue weighted by Gasteiger charge is -2.15. The summed E-state index contributed by atoms with van der Waals surface area (Å²) in [4.78, 5) is 13.5. The Morgan fingerprint density at radius 2 is 1.35 bits per heavy atom. The lowest BCUT2D eigenvalue weighted by atomic mass is 9.93. The Kier molecular flexibility index (Phi) is 3.81. The Morgan fingerprint density at radius 1 is 0.613 bits per heavy atom. The standard InChI is InChI=1S/C29H19NO/c1-19-24-12-7-13-26-25(22-15-14-20-8-5-6-9-21(20)18-22)16-17-27(28(24)26)29(31)30(19)23-10-3-2-4-11-23/h2-18H,1H2. The van der Waals surface area contributed by atoms with Crippen LogP contribution >= 0.6 is 0 Å². The Balaban J connectivity index is 1.70. The number of fused-ring (bicyclic) bond motifs is 1. The smallest absolute Gasteiger partial charge is 0.263 e. The van der Waals surface area contributed by atoms with Crippen molar-refractivity contribution in [2.75, 3.05) is 0 Å². The first-order valence-electron chi connectivity index (χ1n) is 10.4. The molecule has 2 heteroatoms. The van der Waals surface area contributed by atoms with Gasteiger partial charge in [0.15, 0.2) is 0 Å². The maximum absolute atomic E-state index is 13.5. The van der Waals surface area contributed by atoms with Crippen molar-refractivity contribution in [1.82, 2.24) is 4.57 Å². The number of aromatic nitrogens is 1. The van der Waals surface area contributed by atoms with E-state index < -0.39 is 0 Å². The van der Waals surface area contributed by atoms with Crippen molar-refractivity contribution in [2.45, 2.75) is 0 Å². The molecule has 1 aromatic heterocycles. The fourth-order valence-corrected chi connectivity index (χ4v) is 4.65. The minimum Gasteiger partial charge on any atom is -0.277 e. The Labute approximate surface area is 179 Å². The van der Waals surface area contributed by atoms with E-state index in [-0.39, 0.29) is 5.56 Å². The van der Waals surface area contributed by atoms with Gasteiger partial charge in [0.2, 0.25) is 0 Å². The second-order valence-corrected chi connectivity index (χ2v) is 7.87. The van der Waals surface area contributed by atoms with Gasteiger partial charge >= 0.3 is 0 Å². The van der Waals surface area contributed by atoms with Gasteiger partial charge in [-0.05, 0) is 51.6 Å². The highest BCUT2D eigenvalue weighted by Gasteiger charge is 2.15. The van der Waals surface area contributed by atoms with Crippen molar-refractivity contribution < 1.29 is 0 Å². The molecule has 0 amide bonds. The summed E-state index contributed by atoms with van der Waals surface area (Å²) in [5, 5.41) is 6.91. The molecule has 0 atom stereocenters. The van der Waals surface area contributed by atoms with Gasteiger partial charge in [-0.3, -0.25) is 9.36 Å². The third-order valence-electron chi connectivity index (χ3n) is 6.13. The summed E-state index contributed by atoms with van der Waals surface area (Å²) < 4.78 is 1.72. The molecule has 6 aromatic rings. The van der Waals surface area contributed by atoms with E-state index in [2.05, 4.69) is 73.3 Å². The molecule has 0 saturated carbocycles. The zero-order valence-corrected chi connectivity index (χ0v) is 16.9. The van der Waals surface area contributed by atoms with Gasteiger partial charge in [0.25, 0.3) is 5.56 Å². The molecule has 5 aromatic carbocycles. The topological polar surface area (TPSA) is 22.0 Å². The molecular weight excluding hydrogens is 378 g/mol. The number of nitrogens with zero attached hydrogens (tertiary/aromatic N) is 1. The quantitative estimate of drug-likeness (QED) is 0.346. The van der Waals surface area contributed by atoms with Crippen LogP contribution in [0.1, 0.15) is 0 Å². The fourth-order valence-electron chi connectivity index (χ4n) is 4.65. The zero-order chi connectivity index (χ0) is 20.9. The van der Waals surface area contributed by atoms with E-state index in [1.165, 1.54) is 10.8 Å². The number of hydrogen-bond acceptors (Lipinski definition) is 1. The highest BCUT2D eigenvalue weighted by Crippen LogP contribution is 2.34. The van der Waals surface area contributed by atoms with Gasteiger partial charge in [-0.1, -0.05) is 85.4 Å². The van der Waals surface area contributed by atoms with Crippen LogP contribution in [0.5, 0.6) is 0 Å². The second kappa shape index (κ2) is 6.68. The van der Waals surface area contributed by atoms with Crippen LogP contribution in [0, 0.1) is 0 Å². The van der Waals surface area contributed by atoms with E-state index in [9.17, 15) is 4.79 Å². The molecule has 0 aliphatic rings. The summed E-state index contributed by atoms with van der Waals surface area (Å²) in [5.41, 5.74) is 3.06. The van der Waals surface area contributed by atoms with Gasteiger partial charge in [0, 0.05) is 27.2 Å². The molecule has 0 N–H and O–H groups in total. The van der Waals surface area contributed by atoms with E-state index in [1.54, 1.807) is 4.57 Å². The first-order valence-corrected chi connectivity index (χ1v) is 10.4. The first-order chi connectivity index (χ1) is 15.2. The van der Waals surface area contributed by atoms with E-state index >= 15 is 0 Å². The Hall–Kier alpha value is -4.17. The normalized spacial score (nSPS) is 11.5. The summed E-state index contributed by atoms with van der Waals surface area (Å²) in [6.45, 7) is 4.29. The molecule has 0 fully saturated rings. The minimum absolute atomic E-state index is 0.0371. The molecule has 0 aliphatic carbocycles. The number of para-hydroxylation sites is 1. The molecule has 2 nitrogen and oxygen atoms in total. The first kappa shape index (κ1) is 17.7. The average Bonchev–Trinajstić information content (AvgIpc) is 2.82. The van der Waals surface area contributed by atoms with Gasteiger partial charge < -0.3 is 0 Å². The zero-order valence-electron chi connectivity index (χ0n) is 16.9. The van der Waals surface area contributed by atoms with Gasteiger partial charge in [0.05, 0.1) is 0 Å². The summed E-state index contributed by atoms with van der Waals surface area (Å²) in [6, 6.07) is 34.8. The van der Waals surface area contributed by atoms with Gasteiger partial charge in [-0.15, -0.1) is 0 Å². The molecule has 0 unspecified atom stereocenters. The van der Waals surface area contributed by atoms with Crippen LogP contribution in [0.15, 0.2) is 108 Å². The van der Waals surface area contributed by atoms with Crippen LogP contribution in [-0.2, 0) is 0 Å². The van der Waals surface area contributed by atoms with E-state index in [0.717, 1.165) is 33.0 Å². The van der Waals surface area contributed by atoms with Gasteiger partial charge in [0.1, 0.15) is 0 Å². The third-order valence-corrected chi connectivity index (χ3v) is 6.13. The molecule has 0 aliphatic heterocycles. The lowest BCUT2D eigenvalue weighted by Crippen LogP contribution is -2.31. The molecule has 6 rings (SSSR count). The molecule has 0 bridgehead atoms. The number of rotatable bonds is 2. The Morgan fingerprint density at radius 3 is 2.19 bits per heavy atom. The molecule has 0 radical (unpaired) electrons. The van der Waals surface area contributed by atoms with Crippen molar-refractivity contribution >= 4 is 38.9 Å². The predicted molar refractivity (Wildman–Crippen MR) is 131 cm³/mol. The molecule has 0 saturated heterocycles. The van der Waals surface area contributed by atoms with Gasteiger partial charge in [-0.2, -0.15) is 0 Å². The lowest BCUT2D eigenvalue weighted by molar-refractivity contribution is 0.980. The summed E-state index contributed by atoms with van der Waals surface area (Å²) >= 11 is 0. The van der Waals surface area contributed by atoms with Crippen molar-refractivity contribution in [3.8, 4) is 16.8 Å². The van der Waals surface area contributed by atoms with Crippen LogP contribution < -0.4 is 10.9 Å². The average molecular weight is 397 g/mol. The maximum Gasteiger partial charge on any atom is 0.263 e. The molecule has 0 spiro atoms. The van der Waals surface area contributed by atoms with Crippen molar-refractivity contribution in [3.63, 3.8) is 0 Å². The highest BCUT2D eigenvalue weighted by atomic mass is 16.1. The summed E-state index contributed by atoms with van der Waals surface area (Å²) in [7, 11) is 0. The van der Waals surface area contributed by atoms with E-state index in [4.69, 9.17) is 0 Å². The summed E-state index contributed by atoms with van der Waals surface area (Å²) in [5.74, 6) is 0. The predicted octanol–water partition coefficient (Wildman–Crippen LogP) is 6.09. The van der Waals surface area contributed by atoms with E-state index in [0.29, 0.717) is 10.7 Å². The molecular formula is C29H19NO. The molecule has 146 valence electrons. The van der Waals surface area contributed by atoms with E-state index in [1.807, 2.05) is 36.4 Å². The number of hydrogen-bond donors (Lipinski definition) is 0. The summed E-state index contributed by atoms with van der Waals surface area (Å²) in [6.07, 6.45) is 0. The van der Waals surface area contributed by atoms with Crippen molar-refractivity contribution in [3.05, 3.63) is 119 Å². The highest BCUT2D eigenvalue weighted by molar-refractivity contribution is 6.15. The Bertz CT molecular complexity index is 1680. The molecule has 1 heterocycles. The SMILES string of the molecule is C=c1c2cccc3c(-c4ccc5ccccc5c4)ccc(c(=O)n1-c1ccccc1)c32. The molecule has 31 heavy (non-hydrogen) atoms. The maximum atomic E-state index is 13.5. The fraction of sp³-hybridized carbons (Fsp3) is 0. The van der Waals surface area contributed by atoms with Crippen LogP contribution in [0.3, 0.4) is 0 Å². The minimum atomic E-state index is -0.0371. The van der Waals surface area contributed by atoms with Crippen LogP contribution in [0.25, 0.3) is 55.7 Å².